The van der Waals surface area contributed by atoms with Crippen LogP contribution in [0.3, 0.4) is 0 Å². The van der Waals surface area contributed by atoms with Crippen LogP contribution in [0.5, 0.6) is 0 Å². The fraction of sp³-hybridized carbons (Fsp3) is 0.167. The SMILES string of the molecule is O=C(c1ccccc1Cl)N1CC(n2cc(-c3ccccc3)nn2)C1. The highest BCUT2D eigenvalue weighted by Crippen LogP contribution is 2.26. The summed E-state index contributed by atoms with van der Waals surface area (Å²) in [6.07, 6.45) is 1.93. The lowest BCUT2D eigenvalue weighted by Crippen LogP contribution is -2.51. The van der Waals surface area contributed by atoms with Crippen LogP contribution >= 0.6 is 11.6 Å². The number of amides is 1. The number of rotatable bonds is 3. The van der Waals surface area contributed by atoms with Gasteiger partial charge in [0, 0.05) is 18.7 Å². The molecule has 0 unspecified atom stereocenters. The molecule has 0 saturated carbocycles. The van der Waals surface area contributed by atoms with E-state index in [-0.39, 0.29) is 11.9 Å². The Morgan fingerprint density at radius 2 is 1.75 bits per heavy atom. The zero-order valence-corrected chi connectivity index (χ0v) is 13.6. The van der Waals surface area contributed by atoms with Crippen molar-refractivity contribution in [2.75, 3.05) is 13.1 Å². The second-order valence-corrected chi connectivity index (χ2v) is 6.20. The molecule has 3 aromatic rings. The maximum Gasteiger partial charge on any atom is 0.255 e. The van der Waals surface area contributed by atoms with E-state index in [0.29, 0.717) is 23.7 Å². The first-order valence-corrected chi connectivity index (χ1v) is 8.11. The molecule has 1 fully saturated rings. The topological polar surface area (TPSA) is 51.0 Å². The van der Waals surface area contributed by atoms with Crippen LogP contribution in [-0.2, 0) is 0 Å². The fourth-order valence-electron chi connectivity index (χ4n) is 2.79. The number of benzene rings is 2. The van der Waals surface area contributed by atoms with E-state index in [1.165, 1.54) is 0 Å². The van der Waals surface area contributed by atoms with Gasteiger partial charge in [0.2, 0.25) is 0 Å². The molecular weight excluding hydrogens is 324 g/mol. The summed E-state index contributed by atoms with van der Waals surface area (Å²) in [6, 6.07) is 17.2. The van der Waals surface area contributed by atoms with E-state index in [4.69, 9.17) is 11.6 Å². The van der Waals surface area contributed by atoms with Gasteiger partial charge in [-0.05, 0) is 12.1 Å². The maximum absolute atomic E-state index is 12.4. The molecule has 0 N–H and O–H groups in total. The van der Waals surface area contributed by atoms with Gasteiger partial charge in [-0.25, -0.2) is 4.68 Å². The van der Waals surface area contributed by atoms with Gasteiger partial charge in [-0.15, -0.1) is 5.10 Å². The van der Waals surface area contributed by atoms with E-state index in [2.05, 4.69) is 10.3 Å². The first-order chi connectivity index (χ1) is 11.7. The molecular formula is C18H15ClN4O. The minimum absolute atomic E-state index is 0.0414. The van der Waals surface area contributed by atoms with Gasteiger partial charge in [-0.3, -0.25) is 4.79 Å². The van der Waals surface area contributed by atoms with Gasteiger partial charge < -0.3 is 4.90 Å². The summed E-state index contributed by atoms with van der Waals surface area (Å²) < 4.78 is 1.83. The van der Waals surface area contributed by atoms with Crippen molar-refractivity contribution in [2.45, 2.75) is 6.04 Å². The molecule has 1 aromatic heterocycles. The van der Waals surface area contributed by atoms with E-state index < -0.39 is 0 Å². The van der Waals surface area contributed by atoms with Crippen LogP contribution in [0.4, 0.5) is 0 Å². The molecule has 120 valence electrons. The molecule has 1 aliphatic heterocycles. The molecule has 0 radical (unpaired) electrons. The third-order valence-electron chi connectivity index (χ3n) is 4.21. The van der Waals surface area contributed by atoms with Crippen LogP contribution in [0.1, 0.15) is 16.4 Å². The normalized spacial score (nSPS) is 14.5. The van der Waals surface area contributed by atoms with E-state index in [1.54, 1.807) is 17.0 Å². The first-order valence-electron chi connectivity index (χ1n) is 7.73. The van der Waals surface area contributed by atoms with Crippen molar-refractivity contribution in [3.05, 3.63) is 71.4 Å². The highest BCUT2D eigenvalue weighted by molar-refractivity contribution is 6.33. The minimum atomic E-state index is -0.0414. The molecule has 6 heteroatoms. The number of aromatic nitrogens is 3. The number of nitrogens with zero attached hydrogens (tertiary/aromatic N) is 4. The summed E-state index contributed by atoms with van der Waals surface area (Å²) >= 11 is 6.09. The second kappa shape index (κ2) is 6.09. The molecule has 24 heavy (non-hydrogen) atoms. The van der Waals surface area contributed by atoms with Gasteiger partial charge in [0.05, 0.1) is 22.8 Å². The first kappa shape index (κ1) is 14.9. The van der Waals surface area contributed by atoms with E-state index in [0.717, 1.165) is 11.3 Å². The molecule has 2 heterocycles. The molecule has 1 saturated heterocycles. The van der Waals surface area contributed by atoms with Crippen LogP contribution in [-0.4, -0.2) is 38.9 Å². The molecule has 0 bridgehead atoms. The average Bonchev–Trinajstić information content (AvgIpc) is 3.04. The Morgan fingerprint density at radius 3 is 2.50 bits per heavy atom. The van der Waals surface area contributed by atoms with Gasteiger partial charge >= 0.3 is 0 Å². The fourth-order valence-corrected chi connectivity index (χ4v) is 3.01. The average molecular weight is 339 g/mol. The van der Waals surface area contributed by atoms with Crippen LogP contribution in [0.25, 0.3) is 11.3 Å². The smallest absolute Gasteiger partial charge is 0.255 e. The largest absolute Gasteiger partial charge is 0.334 e. The number of carbonyl (C=O) groups excluding carboxylic acids is 1. The summed E-state index contributed by atoms with van der Waals surface area (Å²) in [5.41, 5.74) is 2.42. The van der Waals surface area contributed by atoms with Gasteiger partial charge in [0.1, 0.15) is 5.69 Å². The second-order valence-electron chi connectivity index (χ2n) is 5.79. The van der Waals surface area contributed by atoms with Crippen molar-refractivity contribution >= 4 is 17.5 Å². The molecule has 0 aliphatic carbocycles. The van der Waals surface area contributed by atoms with E-state index in [1.807, 2.05) is 53.3 Å². The van der Waals surface area contributed by atoms with Gasteiger partial charge in [-0.2, -0.15) is 0 Å². The molecule has 1 aliphatic rings. The highest BCUT2D eigenvalue weighted by atomic mass is 35.5. The lowest BCUT2D eigenvalue weighted by Gasteiger charge is -2.39. The van der Waals surface area contributed by atoms with Crippen molar-refractivity contribution in [2.24, 2.45) is 0 Å². The number of halogens is 1. The monoisotopic (exact) mass is 338 g/mol. The van der Waals surface area contributed by atoms with Gasteiger partial charge in [0.15, 0.2) is 0 Å². The van der Waals surface area contributed by atoms with Crippen molar-refractivity contribution in [3.63, 3.8) is 0 Å². The van der Waals surface area contributed by atoms with Crippen molar-refractivity contribution in [1.82, 2.24) is 19.9 Å². The maximum atomic E-state index is 12.4. The standard InChI is InChI=1S/C18H15ClN4O/c19-16-9-5-4-8-15(16)18(24)22-10-14(11-22)23-12-17(20-21-23)13-6-2-1-3-7-13/h1-9,12,14H,10-11H2. The van der Waals surface area contributed by atoms with Gasteiger partial charge in [-0.1, -0.05) is 59.3 Å². The Bertz CT molecular complexity index is 871. The molecule has 1 amide bonds. The van der Waals surface area contributed by atoms with Crippen molar-refractivity contribution in [1.29, 1.82) is 0 Å². The predicted molar refractivity (Wildman–Crippen MR) is 91.9 cm³/mol. The number of hydrogen-bond donors (Lipinski definition) is 0. The van der Waals surface area contributed by atoms with Crippen molar-refractivity contribution in [3.8, 4) is 11.3 Å². The van der Waals surface area contributed by atoms with Crippen LogP contribution in [0, 0.1) is 0 Å². The molecule has 2 aromatic carbocycles. The Hall–Kier alpha value is -2.66. The predicted octanol–water partition coefficient (Wildman–Crippen LogP) is 3.30. The molecule has 5 nitrogen and oxygen atoms in total. The number of hydrogen-bond acceptors (Lipinski definition) is 3. The highest BCUT2D eigenvalue weighted by Gasteiger charge is 2.33. The Kier molecular flexibility index (Phi) is 3.78. The summed E-state index contributed by atoms with van der Waals surface area (Å²) in [5.74, 6) is -0.0414. The number of likely N-dealkylation sites (tertiary alicyclic amines) is 1. The van der Waals surface area contributed by atoms with Crippen LogP contribution in [0.2, 0.25) is 5.02 Å². The zero-order chi connectivity index (χ0) is 16.5. The summed E-state index contributed by atoms with van der Waals surface area (Å²) in [4.78, 5) is 14.2. The Morgan fingerprint density at radius 1 is 1.04 bits per heavy atom. The summed E-state index contributed by atoms with van der Waals surface area (Å²) in [6.45, 7) is 1.23. The van der Waals surface area contributed by atoms with Crippen LogP contribution < -0.4 is 0 Å². The van der Waals surface area contributed by atoms with E-state index >= 15 is 0 Å². The molecule has 4 rings (SSSR count). The Balaban J connectivity index is 1.44. The zero-order valence-electron chi connectivity index (χ0n) is 12.8. The number of carbonyl (C=O) groups is 1. The summed E-state index contributed by atoms with van der Waals surface area (Å²) in [5, 5.41) is 8.91. The van der Waals surface area contributed by atoms with Gasteiger partial charge in [0.25, 0.3) is 5.91 Å². The Labute approximate surface area is 144 Å². The third-order valence-corrected chi connectivity index (χ3v) is 4.54. The minimum Gasteiger partial charge on any atom is -0.334 e. The molecule has 0 spiro atoms. The lowest BCUT2D eigenvalue weighted by molar-refractivity contribution is 0.0498. The molecule has 0 atom stereocenters. The summed E-state index contributed by atoms with van der Waals surface area (Å²) in [7, 11) is 0. The van der Waals surface area contributed by atoms with Crippen molar-refractivity contribution < 1.29 is 4.79 Å². The van der Waals surface area contributed by atoms with Crippen LogP contribution in [0.15, 0.2) is 60.8 Å². The van der Waals surface area contributed by atoms with E-state index in [9.17, 15) is 4.79 Å². The lowest BCUT2D eigenvalue weighted by atomic mass is 10.1. The quantitative estimate of drug-likeness (QED) is 0.736. The third kappa shape index (κ3) is 2.67.